The molecule has 0 spiro atoms. The summed E-state index contributed by atoms with van der Waals surface area (Å²) in [6.07, 6.45) is 10.8. The van der Waals surface area contributed by atoms with Crippen LogP contribution in [0.4, 0.5) is 0 Å². The molecule has 0 radical (unpaired) electrons. The lowest BCUT2D eigenvalue weighted by molar-refractivity contribution is -0.142. The Kier molecular flexibility index (Phi) is 6.23. The minimum atomic E-state index is -0.729. The van der Waals surface area contributed by atoms with Crippen LogP contribution in [-0.4, -0.2) is 38.1 Å². The maximum Gasteiger partial charge on any atom is 0.320 e. The molecular weight excluding hydrogens is 326 g/mol. The zero-order valence-electron chi connectivity index (χ0n) is 15.3. The van der Waals surface area contributed by atoms with Crippen LogP contribution in [0.25, 0.3) is 0 Å². The van der Waals surface area contributed by atoms with Crippen molar-refractivity contribution in [3.63, 3.8) is 0 Å². The number of imidazole rings is 1. The molecule has 2 unspecified atom stereocenters. The smallest absolute Gasteiger partial charge is 0.320 e. The minimum absolute atomic E-state index is 0.399. The Morgan fingerprint density at radius 1 is 1.27 bits per heavy atom. The van der Waals surface area contributed by atoms with Crippen molar-refractivity contribution in [2.24, 2.45) is 5.92 Å². The second-order valence-corrected chi connectivity index (χ2v) is 6.96. The van der Waals surface area contributed by atoms with E-state index in [1.165, 1.54) is 5.56 Å². The van der Waals surface area contributed by atoms with E-state index in [1.807, 2.05) is 24.4 Å². The number of hydrogen-bond acceptors (Lipinski definition) is 3. The molecule has 2 heterocycles. The van der Waals surface area contributed by atoms with E-state index in [9.17, 15) is 9.90 Å². The fourth-order valence-electron chi connectivity index (χ4n) is 3.65. The SMILES string of the molecule is CC/C=C/CC1CC(C(=O)O)N(Cc2nccn2Cc2ccccc2)C1. The maximum absolute atomic E-state index is 11.7. The average molecular weight is 353 g/mol. The number of aliphatic carboxylic acids is 1. The number of carboxylic acid groups (broad SMARTS) is 1. The van der Waals surface area contributed by atoms with Crippen LogP contribution in [0.1, 0.15) is 37.6 Å². The molecular formula is C21H27N3O2. The minimum Gasteiger partial charge on any atom is -0.480 e. The third-order valence-corrected chi connectivity index (χ3v) is 4.99. The van der Waals surface area contributed by atoms with E-state index in [0.29, 0.717) is 18.9 Å². The van der Waals surface area contributed by atoms with Crippen molar-refractivity contribution in [1.29, 1.82) is 0 Å². The second kappa shape index (κ2) is 8.81. The van der Waals surface area contributed by atoms with Gasteiger partial charge in [0, 0.05) is 25.5 Å². The van der Waals surface area contributed by atoms with E-state index in [1.54, 1.807) is 6.20 Å². The molecule has 1 fully saturated rings. The molecule has 2 atom stereocenters. The van der Waals surface area contributed by atoms with Crippen molar-refractivity contribution in [3.05, 3.63) is 66.3 Å². The molecule has 1 aromatic heterocycles. The first-order valence-corrected chi connectivity index (χ1v) is 9.33. The van der Waals surface area contributed by atoms with Gasteiger partial charge < -0.3 is 9.67 Å². The van der Waals surface area contributed by atoms with Crippen LogP contribution in [-0.2, 0) is 17.9 Å². The Morgan fingerprint density at radius 3 is 2.81 bits per heavy atom. The Morgan fingerprint density at radius 2 is 2.08 bits per heavy atom. The van der Waals surface area contributed by atoms with Gasteiger partial charge >= 0.3 is 5.97 Å². The van der Waals surface area contributed by atoms with Crippen molar-refractivity contribution >= 4 is 5.97 Å². The third-order valence-electron chi connectivity index (χ3n) is 4.99. The van der Waals surface area contributed by atoms with Crippen LogP contribution in [0.5, 0.6) is 0 Å². The first-order chi connectivity index (χ1) is 12.7. The van der Waals surface area contributed by atoms with Gasteiger partial charge in [0.1, 0.15) is 11.9 Å². The van der Waals surface area contributed by atoms with Crippen molar-refractivity contribution in [1.82, 2.24) is 14.5 Å². The van der Waals surface area contributed by atoms with E-state index >= 15 is 0 Å². The number of aromatic nitrogens is 2. The van der Waals surface area contributed by atoms with Crippen LogP contribution < -0.4 is 0 Å². The molecule has 5 heteroatoms. The molecule has 0 bridgehead atoms. The molecule has 2 aromatic rings. The monoisotopic (exact) mass is 353 g/mol. The lowest BCUT2D eigenvalue weighted by atomic mass is 10.0. The number of allylic oxidation sites excluding steroid dienone is 2. The van der Waals surface area contributed by atoms with Crippen LogP contribution in [0.3, 0.4) is 0 Å². The van der Waals surface area contributed by atoms with Gasteiger partial charge in [0.25, 0.3) is 0 Å². The van der Waals surface area contributed by atoms with Crippen LogP contribution >= 0.6 is 0 Å². The molecule has 138 valence electrons. The van der Waals surface area contributed by atoms with Gasteiger partial charge in [0.05, 0.1) is 6.54 Å². The average Bonchev–Trinajstić information content (AvgIpc) is 3.24. The molecule has 1 aliphatic heterocycles. The van der Waals surface area contributed by atoms with E-state index in [-0.39, 0.29) is 0 Å². The molecule has 1 aromatic carbocycles. The topological polar surface area (TPSA) is 58.4 Å². The van der Waals surface area contributed by atoms with Crippen molar-refractivity contribution in [2.45, 2.75) is 45.3 Å². The van der Waals surface area contributed by atoms with E-state index < -0.39 is 12.0 Å². The zero-order chi connectivity index (χ0) is 18.4. The van der Waals surface area contributed by atoms with Gasteiger partial charge in [-0.2, -0.15) is 0 Å². The Hall–Kier alpha value is -2.40. The zero-order valence-corrected chi connectivity index (χ0v) is 15.3. The summed E-state index contributed by atoms with van der Waals surface area (Å²) < 4.78 is 2.11. The Bertz CT molecular complexity index is 739. The first kappa shape index (κ1) is 18.4. The molecule has 0 amide bonds. The fraction of sp³-hybridized carbons (Fsp3) is 0.429. The number of rotatable bonds is 8. The maximum atomic E-state index is 11.7. The van der Waals surface area contributed by atoms with Crippen LogP contribution in [0.15, 0.2) is 54.9 Å². The van der Waals surface area contributed by atoms with Crippen molar-refractivity contribution in [3.8, 4) is 0 Å². The molecule has 3 rings (SSSR count). The summed E-state index contributed by atoms with van der Waals surface area (Å²) in [5.74, 6) is 0.592. The summed E-state index contributed by atoms with van der Waals surface area (Å²) in [5.41, 5.74) is 1.21. The van der Waals surface area contributed by atoms with Crippen molar-refractivity contribution < 1.29 is 9.90 Å². The summed E-state index contributed by atoms with van der Waals surface area (Å²) >= 11 is 0. The molecule has 0 aliphatic carbocycles. The predicted octanol–water partition coefficient (Wildman–Crippen LogP) is 3.56. The van der Waals surface area contributed by atoms with Gasteiger partial charge in [0.2, 0.25) is 0 Å². The van der Waals surface area contributed by atoms with Crippen LogP contribution in [0.2, 0.25) is 0 Å². The van der Waals surface area contributed by atoms with E-state index in [2.05, 4.69) is 45.7 Å². The predicted molar refractivity (Wildman–Crippen MR) is 102 cm³/mol. The Balaban J connectivity index is 1.68. The number of nitrogens with zero attached hydrogens (tertiary/aromatic N) is 3. The third kappa shape index (κ3) is 4.61. The number of benzene rings is 1. The molecule has 26 heavy (non-hydrogen) atoms. The summed E-state index contributed by atoms with van der Waals surface area (Å²) in [6, 6.07) is 9.83. The van der Waals surface area contributed by atoms with E-state index in [4.69, 9.17) is 0 Å². The number of carboxylic acids is 1. The molecule has 1 N–H and O–H groups in total. The van der Waals surface area contributed by atoms with Gasteiger partial charge in [-0.1, -0.05) is 49.4 Å². The lowest BCUT2D eigenvalue weighted by Crippen LogP contribution is -2.36. The highest BCUT2D eigenvalue weighted by molar-refractivity contribution is 5.73. The van der Waals surface area contributed by atoms with Gasteiger partial charge in [-0.25, -0.2) is 4.98 Å². The number of carbonyl (C=O) groups is 1. The molecule has 1 aliphatic rings. The van der Waals surface area contributed by atoms with E-state index in [0.717, 1.165) is 31.8 Å². The summed E-state index contributed by atoms with van der Waals surface area (Å²) in [5, 5.41) is 9.62. The highest BCUT2D eigenvalue weighted by Crippen LogP contribution is 2.28. The quantitative estimate of drug-likeness (QED) is 0.737. The van der Waals surface area contributed by atoms with Gasteiger partial charge in [-0.3, -0.25) is 9.69 Å². The number of hydrogen-bond donors (Lipinski definition) is 1. The summed E-state index contributed by atoms with van der Waals surface area (Å²) in [6.45, 7) is 4.25. The van der Waals surface area contributed by atoms with Crippen molar-refractivity contribution in [2.75, 3.05) is 6.54 Å². The van der Waals surface area contributed by atoms with Gasteiger partial charge in [-0.05, 0) is 30.7 Å². The summed E-state index contributed by atoms with van der Waals surface area (Å²) in [4.78, 5) is 18.3. The summed E-state index contributed by atoms with van der Waals surface area (Å²) in [7, 11) is 0. The standard InChI is InChI=1S/C21H27N3O2/c1-2-3-5-10-18-13-19(21(25)26)24(15-18)16-20-22-11-12-23(20)14-17-8-6-4-7-9-17/h3-9,11-12,18-19H,2,10,13-16H2,1H3,(H,25,26)/b5-3+. The lowest BCUT2D eigenvalue weighted by Gasteiger charge is -2.21. The second-order valence-electron chi connectivity index (χ2n) is 6.96. The largest absolute Gasteiger partial charge is 0.480 e. The highest BCUT2D eigenvalue weighted by atomic mass is 16.4. The normalized spacial score (nSPS) is 20.8. The Labute approximate surface area is 155 Å². The first-order valence-electron chi connectivity index (χ1n) is 9.33. The highest BCUT2D eigenvalue weighted by Gasteiger charge is 2.36. The van der Waals surface area contributed by atoms with Crippen LogP contribution in [0, 0.1) is 5.92 Å². The molecule has 1 saturated heterocycles. The molecule has 0 saturated carbocycles. The fourth-order valence-corrected chi connectivity index (χ4v) is 3.65. The van der Waals surface area contributed by atoms with Gasteiger partial charge in [-0.15, -0.1) is 0 Å². The number of likely N-dealkylation sites (tertiary alicyclic amines) is 1. The molecule has 5 nitrogen and oxygen atoms in total. The van der Waals surface area contributed by atoms with Gasteiger partial charge in [0.15, 0.2) is 0 Å².